The van der Waals surface area contributed by atoms with Crippen LogP contribution < -0.4 is 10.5 Å². The summed E-state index contributed by atoms with van der Waals surface area (Å²) in [5.41, 5.74) is 5.28. The normalized spacial score (nSPS) is 14.9. The van der Waals surface area contributed by atoms with E-state index in [1.165, 1.54) is 6.07 Å². The third-order valence-corrected chi connectivity index (χ3v) is 4.75. The van der Waals surface area contributed by atoms with Gasteiger partial charge in [-0.3, -0.25) is 0 Å². The van der Waals surface area contributed by atoms with Crippen molar-refractivity contribution in [1.82, 2.24) is 4.72 Å². The topological polar surface area (TPSA) is 105 Å². The van der Waals surface area contributed by atoms with Crippen LogP contribution in [0.5, 0.6) is 0 Å². The van der Waals surface area contributed by atoms with Crippen molar-refractivity contribution in [2.45, 2.75) is 23.6 Å². The van der Waals surface area contributed by atoms with E-state index < -0.39 is 16.1 Å². The van der Waals surface area contributed by atoms with Gasteiger partial charge in [0.2, 0.25) is 10.0 Å². The van der Waals surface area contributed by atoms with Crippen LogP contribution in [0.25, 0.3) is 0 Å². The van der Waals surface area contributed by atoms with Crippen molar-refractivity contribution < 1.29 is 13.6 Å². The van der Waals surface area contributed by atoms with Gasteiger partial charge in [0.05, 0.1) is 0 Å². The highest BCUT2D eigenvalue weighted by atomic mass is 32.2. The number of nitrogens with zero attached hydrogens (tertiary/aromatic N) is 1. The fourth-order valence-corrected chi connectivity index (χ4v) is 3.39. The molecule has 8 heteroatoms. The van der Waals surface area contributed by atoms with Crippen molar-refractivity contribution in [2.24, 2.45) is 10.9 Å². The van der Waals surface area contributed by atoms with Gasteiger partial charge >= 0.3 is 0 Å². The first-order valence-corrected chi connectivity index (χ1v) is 6.84. The van der Waals surface area contributed by atoms with Gasteiger partial charge in [0, 0.05) is 12.5 Å². The highest BCUT2D eigenvalue weighted by Crippen LogP contribution is 2.15. The van der Waals surface area contributed by atoms with E-state index in [9.17, 15) is 8.42 Å². The number of thiophene rings is 1. The van der Waals surface area contributed by atoms with Crippen molar-refractivity contribution in [3.8, 4) is 0 Å². The van der Waals surface area contributed by atoms with E-state index in [1.54, 1.807) is 18.4 Å². The molecular weight excluding hydrogens is 250 g/mol. The van der Waals surface area contributed by atoms with Crippen LogP contribution in [0.1, 0.15) is 13.3 Å². The second kappa shape index (κ2) is 5.28. The molecule has 0 fully saturated rings. The molecule has 0 amide bonds. The van der Waals surface area contributed by atoms with Crippen LogP contribution in [-0.2, 0) is 10.0 Å². The van der Waals surface area contributed by atoms with Gasteiger partial charge in [0.25, 0.3) is 0 Å². The second-order valence-electron chi connectivity index (χ2n) is 3.25. The van der Waals surface area contributed by atoms with Gasteiger partial charge in [-0.2, -0.15) is 0 Å². The minimum Gasteiger partial charge on any atom is -0.409 e. The molecular formula is C8H13N3O3S2. The summed E-state index contributed by atoms with van der Waals surface area (Å²) >= 11 is 1.14. The smallest absolute Gasteiger partial charge is 0.250 e. The lowest BCUT2D eigenvalue weighted by Gasteiger charge is -2.11. The second-order valence-corrected chi connectivity index (χ2v) is 6.14. The highest BCUT2D eigenvalue weighted by Gasteiger charge is 2.18. The Morgan fingerprint density at radius 3 is 2.94 bits per heavy atom. The highest BCUT2D eigenvalue weighted by molar-refractivity contribution is 7.91. The molecule has 1 heterocycles. The summed E-state index contributed by atoms with van der Waals surface area (Å²) in [7, 11) is -3.49. The van der Waals surface area contributed by atoms with E-state index in [4.69, 9.17) is 10.9 Å². The SMILES string of the molecule is CC(CC(N)=NO)NS(=O)(=O)c1cccs1. The molecule has 0 saturated carbocycles. The summed E-state index contributed by atoms with van der Waals surface area (Å²) in [4.78, 5) is 0. The molecule has 4 N–H and O–H groups in total. The van der Waals surface area contributed by atoms with Gasteiger partial charge in [0.1, 0.15) is 10.0 Å². The number of oxime groups is 1. The summed E-state index contributed by atoms with van der Waals surface area (Å²) in [6.45, 7) is 1.64. The Labute approximate surface area is 97.8 Å². The number of nitrogens with two attached hydrogens (primary N) is 1. The van der Waals surface area contributed by atoms with Crippen molar-refractivity contribution >= 4 is 27.2 Å². The van der Waals surface area contributed by atoms with Crippen LogP contribution in [0.3, 0.4) is 0 Å². The molecule has 0 bridgehead atoms. The van der Waals surface area contributed by atoms with E-state index in [1.807, 2.05) is 0 Å². The Kier molecular flexibility index (Phi) is 4.27. The number of sulfonamides is 1. The van der Waals surface area contributed by atoms with E-state index in [0.29, 0.717) is 0 Å². The molecule has 0 aromatic carbocycles. The Morgan fingerprint density at radius 1 is 1.75 bits per heavy atom. The molecule has 1 atom stereocenters. The molecule has 0 radical (unpaired) electrons. The van der Waals surface area contributed by atoms with Crippen molar-refractivity contribution in [2.75, 3.05) is 0 Å². The van der Waals surface area contributed by atoms with Gasteiger partial charge in [-0.25, -0.2) is 13.1 Å². The lowest BCUT2D eigenvalue weighted by Crippen LogP contribution is -2.35. The van der Waals surface area contributed by atoms with Gasteiger partial charge in [-0.1, -0.05) is 11.2 Å². The van der Waals surface area contributed by atoms with Crippen LogP contribution >= 0.6 is 11.3 Å². The van der Waals surface area contributed by atoms with Gasteiger partial charge in [0.15, 0.2) is 0 Å². The van der Waals surface area contributed by atoms with E-state index in [0.717, 1.165) is 11.3 Å². The zero-order chi connectivity index (χ0) is 12.2. The predicted octanol–water partition coefficient (Wildman–Crippen LogP) is 0.551. The van der Waals surface area contributed by atoms with Crippen LogP contribution in [0.2, 0.25) is 0 Å². The molecule has 16 heavy (non-hydrogen) atoms. The number of hydrogen-bond donors (Lipinski definition) is 3. The quantitative estimate of drug-likeness (QED) is 0.312. The van der Waals surface area contributed by atoms with E-state index >= 15 is 0 Å². The summed E-state index contributed by atoms with van der Waals surface area (Å²) < 4.78 is 26.1. The Balaban J connectivity index is 2.67. The standard InChI is InChI=1S/C8H13N3O3S2/c1-6(5-7(9)10-12)11-16(13,14)8-3-2-4-15-8/h2-4,6,11-12H,5H2,1H3,(H2,9,10). The summed E-state index contributed by atoms with van der Waals surface area (Å²) in [5, 5.41) is 12.8. The fraction of sp³-hybridized carbons (Fsp3) is 0.375. The molecule has 90 valence electrons. The first-order chi connectivity index (χ1) is 7.45. The summed E-state index contributed by atoms with van der Waals surface area (Å²) in [6, 6.07) is 2.75. The summed E-state index contributed by atoms with van der Waals surface area (Å²) in [6.07, 6.45) is 0.154. The van der Waals surface area contributed by atoms with Crippen LogP contribution in [0.4, 0.5) is 0 Å². The maximum atomic E-state index is 11.7. The molecule has 1 rings (SSSR count). The fourth-order valence-electron chi connectivity index (χ4n) is 1.14. The lowest BCUT2D eigenvalue weighted by molar-refractivity contribution is 0.316. The zero-order valence-electron chi connectivity index (χ0n) is 8.62. The Hall–Kier alpha value is -1.12. The monoisotopic (exact) mass is 263 g/mol. The lowest BCUT2D eigenvalue weighted by atomic mass is 10.2. The van der Waals surface area contributed by atoms with Gasteiger partial charge in [-0.15, -0.1) is 11.3 Å². The molecule has 1 aromatic rings. The van der Waals surface area contributed by atoms with Crippen LogP contribution in [0, 0.1) is 0 Å². The average Bonchev–Trinajstić information content (AvgIpc) is 2.69. The average molecular weight is 263 g/mol. The minimum atomic E-state index is -3.49. The molecule has 0 spiro atoms. The van der Waals surface area contributed by atoms with Gasteiger partial charge in [-0.05, 0) is 18.4 Å². The molecule has 0 aliphatic rings. The Bertz CT molecular complexity index is 453. The van der Waals surface area contributed by atoms with Crippen LogP contribution in [-0.4, -0.2) is 25.5 Å². The number of amidine groups is 1. The summed E-state index contributed by atoms with van der Waals surface area (Å²) in [5.74, 6) is -0.0126. The maximum Gasteiger partial charge on any atom is 0.250 e. The number of rotatable bonds is 5. The first-order valence-electron chi connectivity index (χ1n) is 4.48. The maximum absolute atomic E-state index is 11.7. The molecule has 6 nitrogen and oxygen atoms in total. The van der Waals surface area contributed by atoms with Crippen molar-refractivity contribution in [1.29, 1.82) is 0 Å². The molecule has 0 aliphatic carbocycles. The molecule has 0 saturated heterocycles. The number of nitrogens with one attached hydrogen (secondary N) is 1. The minimum absolute atomic E-state index is 0.0126. The van der Waals surface area contributed by atoms with Crippen molar-refractivity contribution in [3.63, 3.8) is 0 Å². The van der Waals surface area contributed by atoms with Crippen molar-refractivity contribution in [3.05, 3.63) is 17.5 Å². The number of hydrogen-bond acceptors (Lipinski definition) is 5. The molecule has 1 aromatic heterocycles. The third kappa shape index (κ3) is 3.47. The molecule has 1 unspecified atom stereocenters. The molecule has 0 aliphatic heterocycles. The predicted molar refractivity (Wildman–Crippen MR) is 62.1 cm³/mol. The van der Waals surface area contributed by atoms with E-state index in [2.05, 4.69) is 9.88 Å². The Morgan fingerprint density at radius 2 is 2.44 bits per heavy atom. The zero-order valence-corrected chi connectivity index (χ0v) is 10.3. The van der Waals surface area contributed by atoms with Crippen LogP contribution in [0.15, 0.2) is 26.9 Å². The largest absolute Gasteiger partial charge is 0.409 e. The van der Waals surface area contributed by atoms with Gasteiger partial charge < -0.3 is 10.9 Å². The van der Waals surface area contributed by atoms with E-state index in [-0.39, 0.29) is 16.5 Å². The first kappa shape index (κ1) is 12.9. The third-order valence-electron chi connectivity index (χ3n) is 1.76.